The molecule has 2 heterocycles. The molecule has 1 N–H and O–H groups in total. The number of nitrogens with one attached hydrogen (secondary N) is 1. The maximum atomic E-state index is 5.75. The third-order valence-corrected chi connectivity index (χ3v) is 4.79. The van der Waals surface area contributed by atoms with Crippen LogP contribution >= 0.6 is 0 Å². The largest absolute Gasteiger partial charge is 0.378 e. The van der Waals surface area contributed by atoms with Gasteiger partial charge in [0.2, 0.25) is 0 Å². The van der Waals surface area contributed by atoms with Crippen LogP contribution in [0.15, 0.2) is 23.3 Å². The Morgan fingerprint density at radius 3 is 2.50 bits per heavy atom. The van der Waals surface area contributed by atoms with E-state index in [9.17, 15) is 0 Å². The summed E-state index contributed by atoms with van der Waals surface area (Å²) in [7, 11) is 0. The van der Waals surface area contributed by atoms with Gasteiger partial charge in [0.05, 0.1) is 12.6 Å². The van der Waals surface area contributed by atoms with Crippen molar-refractivity contribution in [3.05, 3.63) is 23.9 Å². The molecule has 6 nitrogen and oxygen atoms in total. The first-order valence-corrected chi connectivity index (χ1v) is 10.1. The molecule has 1 aliphatic rings. The molecule has 26 heavy (non-hydrogen) atoms. The van der Waals surface area contributed by atoms with Gasteiger partial charge in [-0.25, -0.2) is 9.98 Å². The first-order chi connectivity index (χ1) is 12.7. The molecule has 146 valence electrons. The van der Waals surface area contributed by atoms with Gasteiger partial charge in [0.25, 0.3) is 0 Å². The molecule has 1 saturated heterocycles. The molecule has 0 unspecified atom stereocenters. The Balaban J connectivity index is 1.96. The third kappa shape index (κ3) is 5.87. The minimum atomic E-state index is 0.399. The summed E-state index contributed by atoms with van der Waals surface area (Å²) in [6.07, 6.45) is 4.48. The number of hydrogen-bond acceptors (Lipinski definition) is 4. The fraction of sp³-hybridized carbons (Fsp3) is 0.700. The number of aromatic nitrogens is 1. The molecule has 0 atom stereocenters. The normalized spacial score (nSPS) is 16.0. The quantitative estimate of drug-likeness (QED) is 0.570. The van der Waals surface area contributed by atoms with Gasteiger partial charge in [-0.2, -0.15) is 0 Å². The summed E-state index contributed by atoms with van der Waals surface area (Å²) >= 11 is 0. The molecular formula is C20H35N5O. The number of nitrogens with zero attached hydrogens (tertiary/aromatic N) is 4. The van der Waals surface area contributed by atoms with Crippen molar-refractivity contribution in [3.63, 3.8) is 0 Å². The zero-order valence-electron chi connectivity index (χ0n) is 16.9. The van der Waals surface area contributed by atoms with E-state index in [-0.39, 0.29) is 0 Å². The molecule has 2 rings (SSSR count). The molecule has 0 radical (unpaired) electrons. The van der Waals surface area contributed by atoms with E-state index in [1.807, 2.05) is 6.20 Å². The number of aliphatic imine (C=N–C) groups is 1. The van der Waals surface area contributed by atoms with Gasteiger partial charge in [0, 0.05) is 45.5 Å². The first-order valence-electron chi connectivity index (χ1n) is 10.1. The number of anilines is 1. The third-order valence-electron chi connectivity index (χ3n) is 4.79. The van der Waals surface area contributed by atoms with Crippen LogP contribution in [0.2, 0.25) is 0 Å². The van der Waals surface area contributed by atoms with Crippen molar-refractivity contribution in [3.8, 4) is 0 Å². The highest BCUT2D eigenvalue weighted by Crippen LogP contribution is 2.15. The van der Waals surface area contributed by atoms with E-state index in [0.29, 0.717) is 12.6 Å². The Labute approximate surface area is 158 Å². The standard InChI is InChI=1S/C20H35N5O/c1-5-21-20(25-13-11-18(12-14-25)26-8-4)23-16-17-9-10-19(22-15-17)24(6-2)7-3/h9-10,15,18H,5-8,11-14,16H2,1-4H3,(H,21,23). The van der Waals surface area contributed by atoms with Crippen LogP contribution in [-0.2, 0) is 11.3 Å². The molecule has 0 aromatic carbocycles. The van der Waals surface area contributed by atoms with Crippen molar-refractivity contribution < 1.29 is 4.74 Å². The lowest BCUT2D eigenvalue weighted by Crippen LogP contribution is -2.47. The number of pyridine rings is 1. The van der Waals surface area contributed by atoms with E-state index in [2.05, 4.69) is 59.9 Å². The van der Waals surface area contributed by atoms with E-state index in [4.69, 9.17) is 9.73 Å². The van der Waals surface area contributed by atoms with Crippen LogP contribution in [0.5, 0.6) is 0 Å². The van der Waals surface area contributed by atoms with Crippen molar-refractivity contribution in [2.24, 2.45) is 4.99 Å². The second kappa shape index (κ2) is 11.0. The Hall–Kier alpha value is -1.82. The Morgan fingerprint density at radius 2 is 1.96 bits per heavy atom. The van der Waals surface area contributed by atoms with Crippen LogP contribution in [0.1, 0.15) is 46.1 Å². The molecule has 0 spiro atoms. The summed E-state index contributed by atoms with van der Waals surface area (Å²) < 4.78 is 5.75. The van der Waals surface area contributed by atoms with Gasteiger partial charge in [-0.1, -0.05) is 6.07 Å². The van der Waals surface area contributed by atoms with Gasteiger partial charge in [-0.3, -0.25) is 0 Å². The predicted molar refractivity (Wildman–Crippen MR) is 109 cm³/mol. The lowest BCUT2D eigenvalue weighted by atomic mass is 10.1. The number of hydrogen-bond donors (Lipinski definition) is 1. The zero-order chi connectivity index (χ0) is 18.8. The topological polar surface area (TPSA) is 53.0 Å². The van der Waals surface area contributed by atoms with Crippen molar-refractivity contribution in [1.29, 1.82) is 0 Å². The second-order valence-electron chi connectivity index (χ2n) is 6.51. The molecule has 1 aromatic heterocycles. The number of guanidine groups is 1. The molecule has 6 heteroatoms. The van der Waals surface area contributed by atoms with Gasteiger partial charge in [-0.05, 0) is 52.2 Å². The fourth-order valence-electron chi connectivity index (χ4n) is 3.31. The number of likely N-dealkylation sites (tertiary alicyclic amines) is 1. The van der Waals surface area contributed by atoms with Gasteiger partial charge < -0.3 is 19.9 Å². The highest BCUT2D eigenvalue weighted by atomic mass is 16.5. The molecule has 1 aromatic rings. The number of piperidine rings is 1. The lowest BCUT2D eigenvalue weighted by molar-refractivity contribution is 0.0263. The zero-order valence-corrected chi connectivity index (χ0v) is 16.9. The van der Waals surface area contributed by atoms with E-state index < -0.39 is 0 Å². The summed E-state index contributed by atoms with van der Waals surface area (Å²) in [4.78, 5) is 14.0. The van der Waals surface area contributed by atoms with Crippen LogP contribution in [0.25, 0.3) is 0 Å². The average molecular weight is 362 g/mol. The number of rotatable bonds is 8. The molecule has 0 aliphatic carbocycles. The van der Waals surface area contributed by atoms with Crippen LogP contribution < -0.4 is 10.2 Å². The van der Waals surface area contributed by atoms with E-state index in [0.717, 1.165) is 69.5 Å². The molecular weight excluding hydrogens is 326 g/mol. The highest BCUT2D eigenvalue weighted by molar-refractivity contribution is 5.80. The first kappa shape index (κ1) is 20.5. The minimum absolute atomic E-state index is 0.399. The summed E-state index contributed by atoms with van der Waals surface area (Å²) in [6.45, 7) is 14.8. The van der Waals surface area contributed by atoms with Crippen LogP contribution in [-0.4, -0.2) is 61.3 Å². The number of ether oxygens (including phenoxy) is 1. The molecule has 1 aliphatic heterocycles. The van der Waals surface area contributed by atoms with E-state index in [1.54, 1.807) is 0 Å². The Morgan fingerprint density at radius 1 is 1.23 bits per heavy atom. The lowest BCUT2D eigenvalue weighted by Gasteiger charge is -2.34. The van der Waals surface area contributed by atoms with Crippen molar-refractivity contribution in [2.45, 2.75) is 53.2 Å². The van der Waals surface area contributed by atoms with E-state index in [1.165, 1.54) is 0 Å². The van der Waals surface area contributed by atoms with Gasteiger partial charge in [0.1, 0.15) is 5.82 Å². The Kier molecular flexibility index (Phi) is 8.68. The van der Waals surface area contributed by atoms with Crippen molar-refractivity contribution >= 4 is 11.8 Å². The average Bonchev–Trinajstić information content (AvgIpc) is 2.68. The maximum Gasteiger partial charge on any atom is 0.194 e. The smallest absolute Gasteiger partial charge is 0.194 e. The van der Waals surface area contributed by atoms with Crippen molar-refractivity contribution in [1.82, 2.24) is 15.2 Å². The van der Waals surface area contributed by atoms with Crippen LogP contribution in [0.3, 0.4) is 0 Å². The highest BCUT2D eigenvalue weighted by Gasteiger charge is 2.21. The second-order valence-corrected chi connectivity index (χ2v) is 6.51. The molecule has 0 bridgehead atoms. The summed E-state index contributed by atoms with van der Waals surface area (Å²) in [5.41, 5.74) is 1.14. The van der Waals surface area contributed by atoms with Crippen LogP contribution in [0, 0.1) is 0 Å². The molecule has 0 amide bonds. The van der Waals surface area contributed by atoms with Gasteiger partial charge in [0.15, 0.2) is 5.96 Å². The summed E-state index contributed by atoms with van der Waals surface area (Å²) in [5.74, 6) is 2.03. The Bertz CT molecular complexity index is 534. The van der Waals surface area contributed by atoms with Gasteiger partial charge >= 0.3 is 0 Å². The van der Waals surface area contributed by atoms with Crippen LogP contribution in [0.4, 0.5) is 5.82 Å². The van der Waals surface area contributed by atoms with Crippen molar-refractivity contribution in [2.75, 3.05) is 44.2 Å². The van der Waals surface area contributed by atoms with E-state index >= 15 is 0 Å². The summed E-state index contributed by atoms with van der Waals surface area (Å²) in [6, 6.07) is 4.23. The predicted octanol–water partition coefficient (Wildman–Crippen LogP) is 2.89. The monoisotopic (exact) mass is 361 g/mol. The minimum Gasteiger partial charge on any atom is -0.378 e. The van der Waals surface area contributed by atoms with Gasteiger partial charge in [-0.15, -0.1) is 0 Å². The fourth-order valence-corrected chi connectivity index (χ4v) is 3.31. The SMILES string of the molecule is CCNC(=NCc1ccc(N(CC)CC)nc1)N1CCC(OCC)CC1. The molecule has 1 fully saturated rings. The molecule has 0 saturated carbocycles. The maximum absolute atomic E-state index is 5.75. The summed E-state index contributed by atoms with van der Waals surface area (Å²) in [5, 5.41) is 3.42.